The Bertz CT molecular complexity index is 1140. The molecule has 3 aromatic rings. The average molecular weight is 453 g/mol. The van der Waals surface area contributed by atoms with E-state index in [1.807, 2.05) is 62.4 Å². The highest BCUT2D eigenvalue weighted by molar-refractivity contribution is 8.00. The first kappa shape index (κ1) is 22.7. The van der Waals surface area contributed by atoms with Crippen LogP contribution in [0, 0.1) is 6.92 Å². The number of benzene rings is 2. The molecule has 0 bridgehead atoms. The fraction of sp³-hybridized carbons (Fsp3) is 0.400. The van der Waals surface area contributed by atoms with E-state index in [0.29, 0.717) is 28.2 Å². The van der Waals surface area contributed by atoms with Gasteiger partial charge in [-0.25, -0.2) is 4.98 Å². The van der Waals surface area contributed by atoms with Gasteiger partial charge in [0.05, 0.1) is 35.9 Å². The van der Waals surface area contributed by atoms with Crippen LogP contribution in [0.5, 0.6) is 0 Å². The normalized spacial score (nSPS) is 15.7. The Labute approximate surface area is 192 Å². The van der Waals surface area contributed by atoms with Crippen molar-refractivity contribution in [1.82, 2.24) is 9.55 Å². The molecular weight excluding hydrogens is 422 g/mol. The van der Waals surface area contributed by atoms with E-state index >= 15 is 0 Å². The lowest BCUT2D eigenvalue weighted by molar-refractivity contribution is -0.908. The maximum absolute atomic E-state index is 13.3. The Morgan fingerprint density at radius 1 is 1.16 bits per heavy atom. The van der Waals surface area contributed by atoms with Gasteiger partial charge in [0.2, 0.25) is 0 Å². The van der Waals surface area contributed by atoms with E-state index in [-0.39, 0.29) is 16.6 Å². The van der Waals surface area contributed by atoms with E-state index < -0.39 is 0 Å². The summed E-state index contributed by atoms with van der Waals surface area (Å²) >= 11 is 1.37. The molecule has 0 radical (unpaired) electrons. The molecule has 0 amide bonds. The number of hydrogen-bond acceptors (Lipinski definition) is 5. The summed E-state index contributed by atoms with van der Waals surface area (Å²) in [4.78, 5) is 32.6. The molecule has 4 rings (SSSR count). The predicted octanol–water partition coefficient (Wildman–Crippen LogP) is 2.37. The number of morpholine rings is 1. The van der Waals surface area contributed by atoms with Crippen LogP contribution in [0.4, 0.5) is 0 Å². The predicted molar refractivity (Wildman–Crippen MR) is 128 cm³/mol. The number of Topliss-reactive ketones (excluding diaryl/α,β-unsaturated/α-hetero) is 1. The molecule has 1 atom stereocenters. The van der Waals surface area contributed by atoms with Gasteiger partial charge < -0.3 is 9.64 Å². The zero-order valence-electron chi connectivity index (χ0n) is 18.7. The second-order valence-corrected chi connectivity index (χ2v) is 9.63. The number of rotatable bonds is 8. The third-order valence-corrected chi connectivity index (χ3v) is 7.02. The second-order valence-electron chi connectivity index (χ2n) is 8.32. The van der Waals surface area contributed by atoms with Crippen LogP contribution in [-0.4, -0.2) is 53.4 Å². The smallest absolute Gasteiger partial charge is 0.262 e. The molecule has 0 aliphatic carbocycles. The summed E-state index contributed by atoms with van der Waals surface area (Å²) in [5, 5.41) is 0.883. The first-order valence-corrected chi connectivity index (χ1v) is 12.1. The number of carbonyl (C=O) groups is 1. The molecule has 0 unspecified atom stereocenters. The van der Waals surface area contributed by atoms with E-state index in [2.05, 4.69) is 0 Å². The highest BCUT2D eigenvalue weighted by Gasteiger charge is 2.21. The van der Waals surface area contributed by atoms with Crippen molar-refractivity contribution in [2.75, 3.05) is 32.8 Å². The van der Waals surface area contributed by atoms with Crippen LogP contribution in [0.3, 0.4) is 0 Å². The quantitative estimate of drug-likeness (QED) is 0.323. The van der Waals surface area contributed by atoms with Crippen LogP contribution in [0.1, 0.15) is 29.3 Å². The van der Waals surface area contributed by atoms with Crippen molar-refractivity contribution in [2.45, 2.75) is 37.2 Å². The van der Waals surface area contributed by atoms with Gasteiger partial charge in [-0.3, -0.25) is 14.2 Å². The Hall–Kier alpha value is -2.48. The fourth-order valence-corrected chi connectivity index (χ4v) is 5.01. The first-order valence-electron chi connectivity index (χ1n) is 11.2. The number of quaternary nitrogens is 1. The van der Waals surface area contributed by atoms with Crippen molar-refractivity contribution >= 4 is 28.4 Å². The Morgan fingerprint density at radius 3 is 2.62 bits per heavy atom. The summed E-state index contributed by atoms with van der Waals surface area (Å²) in [6.07, 6.45) is 0.878. The molecule has 1 N–H and O–H groups in total. The number of para-hydroxylation sites is 1. The number of nitrogens with zero attached hydrogens (tertiary/aromatic N) is 2. The van der Waals surface area contributed by atoms with Gasteiger partial charge in [-0.15, -0.1) is 0 Å². The summed E-state index contributed by atoms with van der Waals surface area (Å²) < 4.78 is 7.19. The zero-order chi connectivity index (χ0) is 22.5. The minimum Gasteiger partial charge on any atom is -0.370 e. The minimum atomic E-state index is -0.345. The molecule has 2 aromatic carbocycles. The third kappa shape index (κ3) is 5.28. The summed E-state index contributed by atoms with van der Waals surface area (Å²) in [5.41, 5.74) is 2.44. The maximum atomic E-state index is 13.3. The standard InChI is InChI=1S/C25H29N3O3S/c1-18-8-10-20(11-9-18)23(29)19(2)32-25-26-22-7-4-3-6-21(22)24(30)28(25)13-5-12-27-14-16-31-17-15-27/h3-4,6-11,19H,5,12-17H2,1-2H3/p+1/t19-/m0/s1. The molecule has 1 aromatic heterocycles. The van der Waals surface area contributed by atoms with Crippen molar-refractivity contribution in [3.8, 4) is 0 Å². The molecule has 0 saturated carbocycles. The Morgan fingerprint density at radius 2 is 1.88 bits per heavy atom. The number of hydrogen-bond donors (Lipinski definition) is 1. The topological polar surface area (TPSA) is 65.6 Å². The molecule has 1 aliphatic heterocycles. The van der Waals surface area contributed by atoms with Crippen molar-refractivity contribution in [3.05, 3.63) is 70.0 Å². The van der Waals surface area contributed by atoms with Crippen molar-refractivity contribution in [1.29, 1.82) is 0 Å². The van der Waals surface area contributed by atoms with E-state index in [1.54, 1.807) is 4.57 Å². The molecule has 1 fully saturated rings. The number of aromatic nitrogens is 2. The monoisotopic (exact) mass is 452 g/mol. The minimum absolute atomic E-state index is 0.0370. The number of fused-ring (bicyclic) bond motifs is 1. The lowest BCUT2D eigenvalue weighted by Gasteiger charge is -2.24. The van der Waals surface area contributed by atoms with Gasteiger partial charge in [0.25, 0.3) is 5.56 Å². The Balaban J connectivity index is 1.56. The van der Waals surface area contributed by atoms with Crippen molar-refractivity contribution < 1.29 is 14.4 Å². The average Bonchev–Trinajstić information content (AvgIpc) is 2.82. The van der Waals surface area contributed by atoms with Crippen LogP contribution in [-0.2, 0) is 11.3 Å². The molecule has 32 heavy (non-hydrogen) atoms. The van der Waals surface area contributed by atoms with Gasteiger partial charge >= 0.3 is 0 Å². The third-order valence-electron chi connectivity index (χ3n) is 5.93. The molecule has 2 heterocycles. The Kier molecular flexibility index (Phi) is 7.40. The van der Waals surface area contributed by atoms with Crippen LogP contribution in [0.15, 0.2) is 58.5 Å². The van der Waals surface area contributed by atoms with E-state index in [9.17, 15) is 9.59 Å². The second kappa shape index (κ2) is 10.4. The summed E-state index contributed by atoms with van der Waals surface area (Å²) in [6, 6.07) is 15.0. The van der Waals surface area contributed by atoms with Crippen molar-refractivity contribution in [2.24, 2.45) is 0 Å². The van der Waals surface area contributed by atoms with Gasteiger partial charge in [-0.2, -0.15) is 0 Å². The van der Waals surface area contributed by atoms with E-state index in [0.717, 1.165) is 44.8 Å². The summed E-state index contributed by atoms with van der Waals surface area (Å²) in [6.45, 7) is 9.08. The molecule has 1 saturated heterocycles. The van der Waals surface area contributed by atoms with Gasteiger partial charge in [0.15, 0.2) is 10.9 Å². The molecule has 6 nitrogen and oxygen atoms in total. The number of thioether (sulfide) groups is 1. The SMILES string of the molecule is Cc1ccc(C(=O)[C@H](C)Sc2nc3ccccc3c(=O)n2CCC[NH+]2CCOCC2)cc1. The number of carbonyl (C=O) groups excluding carboxylic acids is 1. The summed E-state index contributed by atoms with van der Waals surface area (Å²) in [5.74, 6) is 0.0433. The number of ketones is 1. The first-order chi connectivity index (χ1) is 15.5. The maximum Gasteiger partial charge on any atom is 0.262 e. The lowest BCUT2D eigenvalue weighted by Crippen LogP contribution is -3.14. The van der Waals surface area contributed by atoms with Crippen LogP contribution < -0.4 is 10.5 Å². The van der Waals surface area contributed by atoms with Gasteiger partial charge in [-0.1, -0.05) is 53.7 Å². The van der Waals surface area contributed by atoms with Crippen LogP contribution in [0.25, 0.3) is 10.9 Å². The molecular formula is C25H30N3O3S+. The van der Waals surface area contributed by atoms with E-state index in [4.69, 9.17) is 9.72 Å². The van der Waals surface area contributed by atoms with Gasteiger partial charge in [0, 0.05) is 18.5 Å². The summed E-state index contributed by atoms with van der Waals surface area (Å²) in [7, 11) is 0. The molecule has 7 heteroatoms. The van der Waals surface area contributed by atoms with Gasteiger partial charge in [0.1, 0.15) is 13.1 Å². The lowest BCUT2D eigenvalue weighted by atomic mass is 10.1. The molecule has 1 aliphatic rings. The number of aryl methyl sites for hydroxylation is 1. The largest absolute Gasteiger partial charge is 0.370 e. The molecule has 168 valence electrons. The highest BCUT2D eigenvalue weighted by Crippen LogP contribution is 2.25. The zero-order valence-corrected chi connectivity index (χ0v) is 19.5. The van der Waals surface area contributed by atoms with Crippen LogP contribution in [0.2, 0.25) is 0 Å². The van der Waals surface area contributed by atoms with Gasteiger partial charge in [-0.05, 0) is 26.0 Å². The number of nitrogens with one attached hydrogen (secondary N) is 1. The van der Waals surface area contributed by atoms with Crippen molar-refractivity contribution in [3.63, 3.8) is 0 Å². The number of ether oxygens (including phenoxy) is 1. The van der Waals surface area contributed by atoms with Crippen LogP contribution >= 0.6 is 11.8 Å². The highest BCUT2D eigenvalue weighted by atomic mass is 32.2. The fourth-order valence-electron chi connectivity index (χ4n) is 4.00. The van der Waals surface area contributed by atoms with E-state index in [1.165, 1.54) is 16.7 Å². The molecule has 0 spiro atoms.